The van der Waals surface area contributed by atoms with Crippen LogP contribution >= 0.6 is 0 Å². The van der Waals surface area contributed by atoms with Gasteiger partial charge in [-0.25, -0.2) is 0 Å². The number of hydrogen-bond donors (Lipinski definition) is 0. The van der Waals surface area contributed by atoms with Gasteiger partial charge >= 0.3 is 0 Å². The monoisotopic (exact) mass is 299 g/mol. The Kier molecular flexibility index (Phi) is 5.75. The molecule has 0 saturated carbocycles. The normalized spacial score (nSPS) is 17.9. The van der Waals surface area contributed by atoms with Gasteiger partial charge in [-0.3, -0.25) is 9.48 Å². The number of hydrogen-bond acceptors (Lipinski definition) is 3. The Morgan fingerprint density at radius 1 is 1.18 bits per heavy atom. The Balaban J connectivity index is 0.000000847. The minimum absolute atomic E-state index is 0.114. The van der Waals surface area contributed by atoms with Crippen LogP contribution in [0.15, 0.2) is 42.6 Å². The van der Waals surface area contributed by atoms with Crippen molar-refractivity contribution in [3.05, 3.63) is 48.2 Å². The zero-order valence-corrected chi connectivity index (χ0v) is 13.7. The summed E-state index contributed by atoms with van der Waals surface area (Å²) in [6.07, 6.45) is 2.64. The molecule has 118 valence electrons. The minimum atomic E-state index is 0.114. The van der Waals surface area contributed by atoms with Crippen LogP contribution in [0.3, 0.4) is 0 Å². The zero-order chi connectivity index (χ0) is 15.9. The van der Waals surface area contributed by atoms with Crippen molar-refractivity contribution >= 4 is 11.6 Å². The molecule has 0 bridgehead atoms. The molecule has 1 aromatic carbocycles. The van der Waals surface area contributed by atoms with E-state index in [9.17, 15) is 4.79 Å². The highest BCUT2D eigenvalue weighted by Crippen LogP contribution is 2.19. The molecule has 0 N–H and O–H groups in total. The van der Waals surface area contributed by atoms with E-state index in [4.69, 9.17) is 0 Å². The van der Waals surface area contributed by atoms with Crippen molar-refractivity contribution in [2.45, 2.75) is 33.7 Å². The van der Waals surface area contributed by atoms with Crippen LogP contribution in [0, 0.1) is 5.92 Å². The van der Waals surface area contributed by atoms with Crippen molar-refractivity contribution in [1.82, 2.24) is 9.78 Å². The number of benzene rings is 1. The second-order valence-corrected chi connectivity index (χ2v) is 5.42. The lowest BCUT2D eigenvalue weighted by molar-refractivity contribution is -0.122. The van der Waals surface area contributed by atoms with Crippen molar-refractivity contribution < 1.29 is 4.79 Å². The number of nitrogens with zero attached hydrogens (tertiary/aromatic N) is 3. The predicted octanol–water partition coefficient (Wildman–Crippen LogP) is 3.37. The lowest BCUT2D eigenvalue weighted by Gasteiger charge is -2.29. The average Bonchev–Trinajstić information content (AvgIpc) is 3.01. The van der Waals surface area contributed by atoms with E-state index in [1.165, 1.54) is 5.56 Å². The summed E-state index contributed by atoms with van der Waals surface area (Å²) in [4.78, 5) is 13.8. The molecule has 3 rings (SSSR count). The fraction of sp³-hybridized carbons (Fsp3) is 0.444. The third-order valence-corrected chi connectivity index (χ3v) is 3.81. The highest BCUT2D eigenvalue weighted by atomic mass is 16.1. The van der Waals surface area contributed by atoms with Crippen LogP contribution in [0.4, 0.5) is 5.82 Å². The highest BCUT2D eigenvalue weighted by Gasteiger charge is 2.24. The molecule has 22 heavy (non-hydrogen) atoms. The molecule has 0 radical (unpaired) electrons. The summed E-state index contributed by atoms with van der Waals surface area (Å²) in [5, 5.41) is 4.62. The Morgan fingerprint density at radius 3 is 2.59 bits per heavy atom. The Bertz CT molecular complexity index is 591. The number of piperidine rings is 1. The third-order valence-electron chi connectivity index (χ3n) is 3.81. The number of Topliss-reactive ketones (excluding diaryl/α,β-unsaturated/α-hetero) is 1. The standard InChI is InChI=1S/C16H19N3O.C2H6/c1-13-11-18(9-7-15(13)20)16-8-10-19(17-16)12-14-5-3-2-4-6-14;1-2/h2-6,8,10,13H,7,9,11-12H2,1H3;1-2H3. The number of aromatic nitrogens is 2. The van der Waals surface area contributed by atoms with Crippen LogP contribution in [0.25, 0.3) is 0 Å². The van der Waals surface area contributed by atoms with Crippen molar-refractivity contribution in [3.63, 3.8) is 0 Å². The smallest absolute Gasteiger partial charge is 0.150 e. The van der Waals surface area contributed by atoms with Crippen LogP contribution in [-0.4, -0.2) is 28.7 Å². The molecule has 2 heterocycles. The Morgan fingerprint density at radius 2 is 1.91 bits per heavy atom. The second-order valence-electron chi connectivity index (χ2n) is 5.42. The van der Waals surface area contributed by atoms with Crippen molar-refractivity contribution in [3.8, 4) is 0 Å². The molecule has 0 amide bonds. The number of anilines is 1. The van der Waals surface area contributed by atoms with Crippen LogP contribution in [-0.2, 0) is 11.3 Å². The number of ketones is 1. The second kappa shape index (κ2) is 7.78. The zero-order valence-electron chi connectivity index (χ0n) is 13.7. The molecule has 1 saturated heterocycles. The number of rotatable bonds is 3. The molecular weight excluding hydrogens is 274 g/mol. The maximum atomic E-state index is 11.6. The van der Waals surface area contributed by atoms with Gasteiger partial charge in [0, 0.05) is 37.7 Å². The average molecular weight is 299 g/mol. The molecule has 1 atom stereocenters. The van der Waals surface area contributed by atoms with Gasteiger partial charge in [-0.05, 0) is 5.56 Å². The molecule has 1 fully saturated rings. The quantitative estimate of drug-likeness (QED) is 0.872. The van der Waals surface area contributed by atoms with E-state index in [0.717, 1.165) is 25.5 Å². The summed E-state index contributed by atoms with van der Waals surface area (Å²) < 4.78 is 1.95. The molecule has 2 aromatic rings. The Hall–Kier alpha value is -2.10. The van der Waals surface area contributed by atoms with E-state index >= 15 is 0 Å². The first-order valence-corrected chi connectivity index (χ1v) is 8.07. The maximum Gasteiger partial charge on any atom is 0.150 e. The lowest BCUT2D eigenvalue weighted by Crippen LogP contribution is -2.39. The molecular formula is C18H25N3O. The highest BCUT2D eigenvalue weighted by molar-refractivity contribution is 5.83. The molecule has 0 spiro atoms. The SMILES string of the molecule is CC.CC1CN(c2ccn(Cc3ccccc3)n2)CCC1=O. The molecule has 1 aliphatic heterocycles. The summed E-state index contributed by atoms with van der Waals surface area (Å²) in [5.41, 5.74) is 1.24. The van der Waals surface area contributed by atoms with Gasteiger partial charge < -0.3 is 4.90 Å². The molecule has 4 heteroatoms. The first-order valence-electron chi connectivity index (χ1n) is 8.07. The fourth-order valence-corrected chi connectivity index (χ4v) is 2.60. The summed E-state index contributed by atoms with van der Waals surface area (Å²) in [7, 11) is 0. The molecule has 0 aliphatic carbocycles. The van der Waals surface area contributed by atoms with Crippen LogP contribution in [0.5, 0.6) is 0 Å². The number of carbonyl (C=O) groups is 1. The first-order chi connectivity index (χ1) is 10.7. The number of carbonyl (C=O) groups excluding carboxylic acids is 1. The van der Waals surface area contributed by atoms with Gasteiger partial charge in [0.15, 0.2) is 5.82 Å². The van der Waals surface area contributed by atoms with Crippen LogP contribution in [0.2, 0.25) is 0 Å². The van der Waals surface area contributed by atoms with Crippen molar-refractivity contribution in [1.29, 1.82) is 0 Å². The van der Waals surface area contributed by atoms with E-state index < -0.39 is 0 Å². The molecule has 1 unspecified atom stereocenters. The van der Waals surface area contributed by atoms with Gasteiger partial charge in [-0.1, -0.05) is 51.1 Å². The summed E-state index contributed by atoms with van der Waals surface area (Å²) in [6, 6.07) is 12.3. The van der Waals surface area contributed by atoms with Crippen molar-refractivity contribution in [2.24, 2.45) is 5.92 Å². The van der Waals surface area contributed by atoms with E-state index in [1.54, 1.807) is 0 Å². The Labute approximate surface area is 132 Å². The van der Waals surface area contributed by atoms with Gasteiger partial charge in [0.25, 0.3) is 0 Å². The largest absolute Gasteiger partial charge is 0.354 e. The van der Waals surface area contributed by atoms with E-state index in [2.05, 4.69) is 22.1 Å². The molecule has 1 aliphatic rings. The van der Waals surface area contributed by atoms with E-state index in [0.29, 0.717) is 12.2 Å². The fourth-order valence-electron chi connectivity index (χ4n) is 2.60. The van der Waals surface area contributed by atoms with Crippen LogP contribution < -0.4 is 4.90 Å². The molecule has 1 aromatic heterocycles. The maximum absolute atomic E-state index is 11.6. The minimum Gasteiger partial charge on any atom is -0.354 e. The van der Waals surface area contributed by atoms with Crippen molar-refractivity contribution in [2.75, 3.05) is 18.0 Å². The van der Waals surface area contributed by atoms with Gasteiger partial charge in [0.1, 0.15) is 5.78 Å². The summed E-state index contributed by atoms with van der Waals surface area (Å²) in [6.45, 7) is 8.34. The first kappa shape index (κ1) is 16.3. The summed E-state index contributed by atoms with van der Waals surface area (Å²) >= 11 is 0. The van der Waals surface area contributed by atoms with E-state index in [-0.39, 0.29) is 5.92 Å². The van der Waals surface area contributed by atoms with Gasteiger partial charge in [-0.15, -0.1) is 0 Å². The predicted molar refractivity (Wildman–Crippen MR) is 90.1 cm³/mol. The van der Waals surface area contributed by atoms with Crippen LogP contribution in [0.1, 0.15) is 32.8 Å². The molecule has 4 nitrogen and oxygen atoms in total. The van der Waals surface area contributed by atoms with Gasteiger partial charge in [-0.2, -0.15) is 5.10 Å². The topological polar surface area (TPSA) is 38.1 Å². The third kappa shape index (κ3) is 3.97. The van der Waals surface area contributed by atoms with E-state index in [1.807, 2.05) is 55.9 Å². The van der Waals surface area contributed by atoms with Gasteiger partial charge in [0.05, 0.1) is 6.54 Å². The van der Waals surface area contributed by atoms with Gasteiger partial charge in [0.2, 0.25) is 0 Å². The summed E-state index contributed by atoms with van der Waals surface area (Å²) in [5.74, 6) is 1.45. The lowest BCUT2D eigenvalue weighted by atomic mass is 9.99.